The van der Waals surface area contributed by atoms with Gasteiger partial charge >= 0.3 is 5.97 Å². The van der Waals surface area contributed by atoms with Gasteiger partial charge in [-0.15, -0.1) is 0 Å². The van der Waals surface area contributed by atoms with Crippen LogP contribution in [0.2, 0.25) is 5.15 Å². The van der Waals surface area contributed by atoms with E-state index in [0.29, 0.717) is 22.9 Å². The largest absolute Gasteiger partial charge is 0.491 e. The van der Waals surface area contributed by atoms with Gasteiger partial charge in [-0.3, -0.25) is 0 Å². The molecule has 22 heavy (non-hydrogen) atoms. The molecule has 116 valence electrons. The van der Waals surface area contributed by atoms with Crippen molar-refractivity contribution in [1.29, 1.82) is 0 Å². The summed E-state index contributed by atoms with van der Waals surface area (Å²) in [5.74, 6) is -0.100. The molecule has 0 unspecified atom stereocenters. The summed E-state index contributed by atoms with van der Waals surface area (Å²) in [5.41, 5.74) is 1.43. The predicted octanol–water partition coefficient (Wildman–Crippen LogP) is 2.99. The molecule has 0 atom stereocenters. The normalized spacial score (nSPS) is 10.2. The molecule has 0 aliphatic heterocycles. The zero-order valence-corrected chi connectivity index (χ0v) is 13.2. The molecule has 2 rings (SSSR count). The number of nitrogens with zero attached hydrogens (tertiary/aromatic N) is 2. The van der Waals surface area contributed by atoms with Crippen molar-refractivity contribution >= 4 is 17.6 Å². The van der Waals surface area contributed by atoms with Crippen LogP contribution >= 0.6 is 11.6 Å². The molecule has 6 nitrogen and oxygen atoms in total. The second-order valence-corrected chi connectivity index (χ2v) is 4.56. The van der Waals surface area contributed by atoms with E-state index in [0.717, 1.165) is 0 Å². The van der Waals surface area contributed by atoms with Gasteiger partial charge in [-0.05, 0) is 24.6 Å². The molecule has 0 aliphatic carbocycles. The van der Waals surface area contributed by atoms with Crippen LogP contribution in [0.15, 0.2) is 24.5 Å². The standard InChI is InChI=1S/C15H15ClN2O4/c1-4-22-14-13(20-2)12(15(19)21-3)10(8-18-14)9-5-6-17-11(16)7-9/h5-8H,4H2,1-3H3. The molecule has 0 bridgehead atoms. The van der Waals surface area contributed by atoms with Crippen molar-refractivity contribution in [1.82, 2.24) is 9.97 Å². The number of aromatic nitrogens is 2. The van der Waals surface area contributed by atoms with Gasteiger partial charge in [-0.2, -0.15) is 0 Å². The third kappa shape index (κ3) is 3.12. The smallest absolute Gasteiger partial charge is 0.342 e. The molecule has 0 spiro atoms. The lowest BCUT2D eigenvalue weighted by molar-refractivity contribution is 0.0597. The van der Waals surface area contributed by atoms with E-state index in [-0.39, 0.29) is 17.2 Å². The van der Waals surface area contributed by atoms with Crippen LogP contribution in [-0.2, 0) is 4.74 Å². The Balaban J connectivity index is 2.70. The lowest BCUT2D eigenvalue weighted by Crippen LogP contribution is -2.09. The maximum absolute atomic E-state index is 12.2. The molecule has 0 amide bonds. The fourth-order valence-electron chi connectivity index (χ4n) is 2.00. The number of esters is 1. The highest BCUT2D eigenvalue weighted by Crippen LogP contribution is 2.37. The van der Waals surface area contributed by atoms with E-state index < -0.39 is 5.97 Å². The average molecular weight is 323 g/mol. The van der Waals surface area contributed by atoms with Gasteiger partial charge in [0.15, 0.2) is 5.75 Å². The summed E-state index contributed by atoms with van der Waals surface area (Å²) in [6.45, 7) is 2.21. The van der Waals surface area contributed by atoms with Crippen LogP contribution in [0.3, 0.4) is 0 Å². The molecular formula is C15H15ClN2O4. The highest BCUT2D eigenvalue weighted by atomic mass is 35.5. The lowest BCUT2D eigenvalue weighted by Gasteiger charge is -2.15. The monoisotopic (exact) mass is 322 g/mol. The third-order valence-electron chi connectivity index (χ3n) is 2.91. The van der Waals surface area contributed by atoms with Crippen molar-refractivity contribution in [3.8, 4) is 22.8 Å². The highest BCUT2D eigenvalue weighted by molar-refractivity contribution is 6.29. The average Bonchev–Trinajstić information content (AvgIpc) is 2.53. The molecule has 2 heterocycles. The summed E-state index contributed by atoms with van der Waals surface area (Å²) >= 11 is 5.91. The predicted molar refractivity (Wildman–Crippen MR) is 81.5 cm³/mol. The Morgan fingerprint density at radius 1 is 1.32 bits per heavy atom. The summed E-state index contributed by atoms with van der Waals surface area (Å²) in [6.07, 6.45) is 3.06. The summed E-state index contributed by atoms with van der Waals surface area (Å²) < 4.78 is 15.6. The summed E-state index contributed by atoms with van der Waals surface area (Å²) in [7, 11) is 2.74. The molecule has 0 aliphatic rings. The Hall–Kier alpha value is -2.34. The van der Waals surface area contributed by atoms with Crippen LogP contribution in [0.4, 0.5) is 0 Å². The van der Waals surface area contributed by atoms with Crippen LogP contribution < -0.4 is 9.47 Å². The van der Waals surface area contributed by atoms with Crippen LogP contribution in [0.1, 0.15) is 17.3 Å². The Kier molecular flexibility index (Phi) is 5.16. The number of carbonyl (C=O) groups excluding carboxylic acids is 1. The van der Waals surface area contributed by atoms with Gasteiger partial charge in [0, 0.05) is 18.0 Å². The topological polar surface area (TPSA) is 70.5 Å². The number of rotatable bonds is 5. The zero-order chi connectivity index (χ0) is 16.1. The SMILES string of the molecule is CCOc1ncc(-c2ccnc(Cl)c2)c(C(=O)OC)c1OC. The quantitative estimate of drug-likeness (QED) is 0.622. The fourth-order valence-corrected chi connectivity index (χ4v) is 2.17. The molecule has 7 heteroatoms. The number of halogens is 1. The third-order valence-corrected chi connectivity index (χ3v) is 3.12. The first-order chi connectivity index (χ1) is 10.6. The van der Waals surface area contributed by atoms with E-state index in [1.165, 1.54) is 20.4 Å². The number of hydrogen-bond donors (Lipinski definition) is 0. The van der Waals surface area contributed by atoms with Crippen LogP contribution in [0.5, 0.6) is 11.6 Å². The van der Waals surface area contributed by atoms with Gasteiger partial charge in [-0.25, -0.2) is 14.8 Å². The first kappa shape index (κ1) is 16.0. The number of pyridine rings is 2. The van der Waals surface area contributed by atoms with E-state index in [2.05, 4.69) is 9.97 Å². The molecule has 0 saturated carbocycles. The first-order valence-corrected chi connectivity index (χ1v) is 6.90. The van der Waals surface area contributed by atoms with Gasteiger partial charge in [-0.1, -0.05) is 11.6 Å². The Morgan fingerprint density at radius 3 is 2.68 bits per heavy atom. The zero-order valence-electron chi connectivity index (χ0n) is 12.4. The van der Waals surface area contributed by atoms with Gasteiger partial charge < -0.3 is 14.2 Å². The summed E-state index contributed by atoms with van der Waals surface area (Å²) in [4.78, 5) is 20.3. The van der Waals surface area contributed by atoms with Crippen LogP contribution in [-0.4, -0.2) is 36.8 Å². The maximum atomic E-state index is 12.2. The molecule has 0 N–H and O–H groups in total. The van der Waals surface area contributed by atoms with Gasteiger partial charge in [0.05, 0.1) is 20.8 Å². The first-order valence-electron chi connectivity index (χ1n) is 6.52. The minimum absolute atomic E-state index is 0.221. The summed E-state index contributed by atoms with van der Waals surface area (Å²) in [5, 5.41) is 0.307. The molecular weight excluding hydrogens is 308 g/mol. The minimum atomic E-state index is -0.553. The van der Waals surface area contributed by atoms with Gasteiger partial charge in [0.25, 0.3) is 5.88 Å². The summed E-state index contributed by atoms with van der Waals surface area (Å²) in [6, 6.07) is 3.35. The molecule has 0 saturated heterocycles. The fraction of sp³-hybridized carbons (Fsp3) is 0.267. The van der Waals surface area contributed by atoms with E-state index in [1.807, 2.05) is 6.92 Å². The molecule has 2 aromatic heterocycles. The van der Waals surface area contributed by atoms with E-state index >= 15 is 0 Å². The Bertz CT molecular complexity index is 691. The van der Waals surface area contributed by atoms with Crippen LogP contribution in [0, 0.1) is 0 Å². The minimum Gasteiger partial charge on any atom is -0.491 e. The molecule has 0 aromatic carbocycles. The van der Waals surface area contributed by atoms with Gasteiger partial charge in [0.2, 0.25) is 0 Å². The molecule has 2 aromatic rings. The second-order valence-electron chi connectivity index (χ2n) is 4.18. The Morgan fingerprint density at radius 2 is 2.09 bits per heavy atom. The van der Waals surface area contributed by atoms with E-state index in [4.69, 9.17) is 25.8 Å². The van der Waals surface area contributed by atoms with Crippen molar-refractivity contribution in [2.75, 3.05) is 20.8 Å². The Labute approximate surface area is 133 Å². The van der Waals surface area contributed by atoms with Crippen molar-refractivity contribution in [3.63, 3.8) is 0 Å². The molecule has 0 radical (unpaired) electrons. The van der Waals surface area contributed by atoms with E-state index in [9.17, 15) is 4.79 Å². The van der Waals surface area contributed by atoms with Crippen LogP contribution in [0.25, 0.3) is 11.1 Å². The number of methoxy groups -OCH3 is 2. The molecule has 0 fully saturated rings. The lowest BCUT2D eigenvalue weighted by atomic mass is 10.0. The van der Waals surface area contributed by atoms with Gasteiger partial charge in [0.1, 0.15) is 10.7 Å². The number of ether oxygens (including phenoxy) is 3. The highest BCUT2D eigenvalue weighted by Gasteiger charge is 2.24. The second kappa shape index (κ2) is 7.09. The van der Waals surface area contributed by atoms with Crippen molar-refractivity contribution < 1.29 is 19.0 Å². The van der Waals surface area contributed by atoms with E-state index in [1.54, 1.807) is 18.3 Å². The van der Waals surface area contributed by atoms with Crippen molar-refractivity contribution in [3.05, 3.63) is 35.2 Å². The van der Waals surface area contributed by atoms with Crippen molar-refractivity contribution in [2.45, 2.75) is 6.92 Å². The maximum Gasteiger partial charge on any atom is 0.342 e. The number of hydrogen-bond acceptors (Lipinski definition) is 6. The van der Waals surface area contributed by atoms with Crippen molar-refractivity contribution in [2.24, 2.45) is 0 Å². The number of carbonyl (C=O) groups is 1.